The van der Waals surface area contributed by atoms with Crippen LogP contribution in [-0.2, 0) is 28.6 Å². The van der Waals surface area contributed by atoms with E-state index in [1.807, 2.05) is 12.2 Å². The van der Waals surface area contributed by atoms with Crippen LogP contribution in [-0.4, -0.2) is 37.2 Å². The van der Waals surface area contributed by atoms with E-state index in [-0.39, 0.29) is 31.6 Å². The van der Waals surface area contributed by atoms with Gasteiger partial charge in [0.1, 0.15) is 13.2 Å². The van der Waals surface area contributed by atoms with E-state index in [2.05, 4.69) is 142 Å². The van der Waals surface area contributed by atoms with Crippen molar-refractivity contribution < 1.29 is 28.6 Å². The molecule has 6 heteroatoms. The lowest BCUT2D eigenvalue weighted by molar-refractivity contribution is -0.166. The first-order valence-corrected chi connectivity index (χ1v) is 26.7. The zero-order valence-electron chi connectivity index (χ0n) is 42.9. The van der Waals surface area contributed by atoms with Crippen molar-refractivity contribution in [2.24, 2.45) is 0 Å². The number of carbonyl (C=O) groups is 3. The molecule has 1 unspecified atom stereocenters. The van der Waals surface area contributed by atoms with Crippen LogP contribution < -0.4 is 0 Å². The first-order chi connectivity index (χ1) is 33.0. The number of rotatable bonds is 46. The monoisotopic (exact) mass is 925 g/mol. The molecule has 0 aromatic rings. The number of unbranched alkanes of at least 4 members (excludes halogenated alkanes) is 13. The van der Waals surface area contributed by atoms with Gasteiger partial charge in [0.15, 0.2) is 6.10 Å². The largest absolute Gasteiger partial charge is 0.462 e. The van der Waals surface area contributed by atoms with Crippen LogP contribution in [0.2, 0.25) is 0 Å². The van der Waals surface area contributed by atoms with Crippen molar-refractivity contribution in [1.29, 1.82) is 0 Å². The normalized spacial score (nSPS) is 13.2. The van der Waals surface area contributed by atoms with E-state index in [1.165, 1.54) is 38.5 Å². The Labute approximate surface area is 411 Å². The number of allylic oxidation sites excluding steroid dienone is 22. The van der Waals surface area contributed by atoms with Crippen LogP contribution in [0.15, 0.2) is 134 Å². The fourth-order valence-corrected chi connectivity index (χ4v) is 6.73. The predicted molar refractivity (Wildman–Crippen MR) is 288 cm³/mol. The van der Waals surface area contributed by atoms with Crippen LogP contribution in [0.5, 0.6) is 0 Å². The van der Waals surface area contributed by atoms with Crippen molar-refractivity contribution in [1.82, 2.24) is 0 Å². The molecule has 67 heavy (non-hydrogen) atoms. The Bertz CT molecular complexity index is 1480. The molecule has 0 fully saturated rings. The lowest BCUT2D eigenvalue weighted by Crippen LogP contribution is -2.30. The minimum absolute atomic E-state index is 0.113. The van der Waals surface area contributed by atoms with Crippen molar-refractivity contribution in [3.05, 3.63) is 134 Å². The van der Waals surface area contributed by atoms with Crippen molar-refractivity contribution >= 4 is 17.9 Å². The van der Waals surface area contributed by atoms with Gasteiger partial charge in [0.25, 0.3) is 0 Å². The van der Waals surface area contributed by atoms with Gasteiger partial charge in [-0.2, -0.15) is 0 Å². The maximum atomic E-state index is 12.7. The van der Waals surface area contributed by atoms with Crippen LogP contribution in [0.25, 0.3) is 0 Å². The van der Waals surface area contributed by atoms with Crippen molar-refractivity contribution in [2.75, 3.05) is 13.2 Å². The van der Waals surface area contributed by atoms with Crippen LogP contribution >= 0.6 is 0 Å². The molecule has 1 atom stereocenters. The molecule has 0 amide bonds. The summed E-state index contributed by atoms with van der Waals surface area (Å²) in [4.78, 5) is 37.6. The quantitative estimate of drug-likeness (QED) is 0.0262. The summed E-state index contributed by atoms with van der Waals surface area (Å²) in [5.74, 6) is -1.03. The van der Waals surface area contributed by atoms with Crippen LogP contribution in [0.1, 0.15) is 213 Å². The Hall–Kier alpha value is -4.45. The van der Waals surface area contributed by atoms with Crippen molar-refractivity contribution in [2.45, 2.75) is 219 Å². The Morgan fingerprint density at radius 3 is 0.970 bits per heavy atom. The molecule has 0 aliphatic carbocycles. The van der Waals surface area contributed by atoms with E-state index in [0.29, 0.717) is 19.3 Å². The molecule has 0 saturated heterocycles. The number of ether oxygens (including phenoxy) is 3. The highest BCUT2D eigenvalue weighted by Crippen LogP contribution is 2.13. The van der Waals surface area contributed by atoms with Gasteiger partial charge >= 0.3 is 17.9 Å². The lowest BCUT2D eigenvalue weighted by Gasteiger charge is -2.18. The summed E-state index contributed by atoms with van der Waals surface area (Å²) in [6, 6.07) is 0. The lowest BCUT2D eigenvalue weighted by atomic mass is 10.1. The van der Waals surface area contributed by atoms with Gasteiger partial charge in [-0.3, -0.25) is 14.4 Å². The summed E-state index contributed by atoms with van der Waals surface area (Å²) in [7, 11) is 0. The Morgan fingerprint density at radius 1 is 0.313 bits per heavy atom. The molecule has 376 valence electrons. The van der Waals surface area contributed by atoms with Crippen LogP contribution in [0.3, 0.4) is 0 Å². The second kappa shape index (κ2) is 54.2. The standard InChI is InChI=1S/C61H96O6/c1-4-7-10-13-15-17-19-21-22-23-24-25-26-27-28-29-30-31-32-33-34-35-36-37-38-40-41-43-45-48-51-54-60(63)66-57-58(56-65-59(62)53-50-47-12-9-6-3)67-61(64)55-52-49-46-44-42-39-20-18-16-14-11-8-5-2/h7-8,10-11,15-18,21-22,24-25,27-28,30-31,33-34,39,42,46,49,58H,4-6,9,12-14,19-20,23,26,29,32,35-38,40-41,43-45,47-48,50-57H2,1-3H3/b10-7-,11-8-,17-15-,18-16-,22-21-,25-24-,28-27-,31-30-,34-33-,42-39-,49-46-. The topological polar surface area (TPSA) is 78.9 Å². The average molecular weight is 925 g/mol. The van der Waals surface area contributed by atoms with Gasteiger partial charge in [-0.25, -0.2) is 0 Å². The highest BCUT2D eigenvalue weighted by Gasteiger charge is 2.19. The molecule has 0 radical (unpaired) electrons. The van der Waals surface area contributed by atoms with E-state index in [9.17, 15) is 14.4 Å². The van der Waals surface area contributed by atoms with E-state index in [1.54, 1.807) is 0 Å². The van der Waals surface area contributed by atoms with E-state index >= 15 is 0 Å². The fourth-order valence-electron chi connectivity index (χ4n) is 6.73. The van der Waals surface area contributed by atoms with Gasteiger partial charge in [0, 0.05) is 19.3 Å². The summed E-state index contributed by atoms with van der Waals surface area (Å²) in [6.07, 6.45) is 76.5. The molecule has 0 saturated carbocycles. The van der Waals surface area contributed by atoms with E-state index < -0.39 is 12.1 Å². The second-order valence-corrected chi connectivity index (χ2v) is 17.0. The highest BCUT2D eigenvalue weighted by atomic mass is 16.6. The maximum Gasteiger partial charge on any atom is 0.306 e. The van der Waals surface area contributed by atoms with E-state index in [0.717, 1.165) is 128 Å². The third-order valence-electron chi connectivity index (χ3n) is 10.7. The first kappa shape index (κ1) is 62.5. The Kier molecular flexibility index (Phi) is 50.6. The first-order valence-electron chi connectivity index (χ1n) is 26.7. The Balaban J connectivity index is 4.13. The molecule has 0 aliphatic rings. The van der Waals surface area contributed by atoms with Crippen molar-refractivity contribution in [3.8, 4) is 0 Å². The van der Waals surface area contributed by atoms with Gasteiger partial charge in [-0.05, 0) is 103 Å². The Morgan fingerprint density at radius 2 is 0.612 bits per heavy atom. The molecule has 0 aromatic heterocycles. The van der Waals surface area contributed by atoms with Crippen LogP contribution in [0.4, 0.5) is 0 Å². The molecule has 0 aromatic carbocycles. The fraction of sp³-hybridized carbons (Fsp3) is 0.590. The van der Waals surface area contributed by atoms with Gasteiger partial charge < -0.3 is 14.2 Å². The third kappa shape index (κ3) is 52.4. The number of carbonyl (C=O) groups excluding carboxylic acids is 3. The molecule has 0 N–H and O–H groups in total. The number of hydrogen-bond acceptors (Lipinski definition) is 6. The number of esters is 3. The molecule has 0 heterocycles. The molecule has 0 bridgehead atoms. The van der Waals surface area contributed by atoms with Crippen molar-refractivity contribution in [3.63, 3.8) is 0 Å². The zero-order valence-corrected chi connectivity index (χ0v) is 42.9. The SMILES string of the molecule is CC/C=C\C/C=C\C/C=C\C/C=C\C/C=C\C/C=C\C/C=C\CCCCCCCCCCCC(=O)OCC(COC(=O)CCCCCCC)OC(=O)CC/C=C\C/C=C\C/C=C\C/C=C\CC. The average Bonchev–Trinajstić information content (AvgIpc) is 3.33. The maximum absolute atomic E-state index is 12.7. The summed E-state index contributed by atoms with van der Waals surface area (Å²) in [5, 5.41) is 0. The van der Waals surface area contributed by atoms with Gasteiger partial charge in [0.05, 0.1) is 0 Å². The second-order valence-electron chi connectivity index (χ2n) is 17.0. The van der Waals surface area contributed by atoms with Crippen LogP contribution in [0, 0.1) is 0 Å². The van der Waals surface area contributed by atoms with E-state index in [4.69, 9.17) is 14.2 Å². The summed E-state index contributed by atoms with van der Waals surface area (Å²) in [6.45, 7) is 6.23. The molecular formula is C61H96O6. The molecule has 0 spiro atoms. The summed E-state index contributed by atoms with van der Waals surface area (Å²) < 4.78 is 16.6. The van der Waals surface area contributed by atoms with Gasteiger partial charge in [0.2, 0.25) is 0 Å². The predicted octanol–water partition coefficient (Wildman–Crippen LogP) is 17.9. The highest BCUT2D eigenvalue weighted by molar-refractivity contribution is 5.71. The zero-order chi connectivity index (χ0) is 48.6. The van der Waals surface area contributed by atoms with Gasteiger partial charge in [-0.1, -0.05) is 225 Å². The van der Waals surface area contributed by atoms with Gasteiger partial charge in [-0.15, -0.1) is 0 Å². The molecule has 6 nitrogen and oxygen atoms in total. The number of hydrogen-bond donors (Lipinski definition) is 0. The molecular weight excluding hydrogens is 829 g/mol. The summed E-state index contributed by atoms with van der Waals surface area (Å²) >= 11 is 0. The molecule has 0 rings (SSSR count). The minimum Gasteiger partial charge on any atom is -0.462 e. The summed E-state index contributed by atoms with van der Waals surface area (Å²) in [5.41, 5.74) is 0. The minimum atomic E-state index is -0.817. The smallest absolute Gasteiger partial charge is 0.306 e. The third-order valence-corrected chi connectivity index (χ3v) is 10.7. The molecule has 0 aliphatic heterocycles.